The van der Waals surface area contributed by atoms with Crippen LogP contribution in [0.5, 0.6) is 0 Å². The van der Waals surface area contributed by atoms with Crippen molar-refractivity contribution in [3.63, 3.8) is 0 Å². The lowest BCUT2D eigenvalue weighted by Crippen LogP contribution is -2.47. The number of ether oxygens (including phenoxy) is 1. The third-order valence-corrected chi connectivity index (χ3v) is 7.26. The van der Waals surface area contributed by atoms with E-state index >= 15 is 0 Å². The Balaban J connectivity index is 1.30. The van der Waals surface area contributed by atoms with Gasteiger partial charge in [0, 0.05) is 13.0 Å². The van der Waals surface area contributed by atoms with E-state index in [1.807, 2.05) is 0 Å². The highest BCUT2D eigenvalue weighted by molar-refractivity contribution is 5.76. The van der Waals surface area contributed by atoms with Crippen LogP contribution in [0.3, 0.4) is 0 Å². The summed E-state index contributed by atoms with van der Waals surface area (Å²) < 4.78 is 6.03. The fourth-order valence-corrected chi connectivity index (χ4v) is 5.34. The Morgan fingerprint density at radius 2 is 1.67 bits per heavy atom. The maximum absolute atomic E-state index is 12.7. The largest absolute Gasteiger partial charge is 0.376 e. The SMILES string of the molecule is O=C(CC(C1CCC1)C1CCC1)N[C@@H]1CCO[C@H]1C1CCNCC1. The molecule has 2 atom stereocenters. The molecule has 2 saturated carbocycles. The number of hydrogen-bond donors (Lipinski definition) is 2. The minimum absolute atomic E-state index is 0.252. The lowest BCUT2D eigenvalue weighted by Gasteiger charge is -2.42. The van der Waals surface area contributed by atoms with E-state index in [0.29, 0.717) is 17.7 Å². The minimum atomic E-state index is 0.252. The second-order valence-electron chi connectivity index (χ2n) is 8.64. The molecule has 0 aromatic rings. The van der Waals surface area contributed by atoms with Crippen LogP contribution in [0.4, 0.5) is 0 Å². The van der Waals surface area contributed by atoms with Gasteiger partial charge in [0.15, 0.2) is 0 Å². The second kappa shape index (κ2) is 7.74. The molecule has 2 heterocycles. The van der Waals surface area contributed by atoms with E-state index in [9.17, 15) is 4.79 Å². The molecule has 4 fully saturated rings. The summed E-state index contributed by atoms with van der Waals surface area (Å²) in [5, 5.41) is 6.81. The molecule has 4 aliphatic rings. The number of amides is 1. The van der Waals surface area contributed by atoms with Gasteiger partial charge >= 0.3 is 0 Å². The third kappa shape index (κ3) is 3.65. The van der Waals surface area contributed by atoms with Crippen molar-refractivity contribution >= 4 is 5.91 Å². The number of rotatable bonds is 6. The highest BCUT2D eigenvalue weighted by atomic mass is 16.5. The van der Waals surface area contributed by atoms with E-state index < -0.39 is 0 Å². The second-order valence-corrected chi connectivity index (χ2v) is 8.64. The molecule has 2 aliphatic carbocycles. The Hall–Kier alpha value is -0.610. The lowest BCUT2D eigenvalue weighted by atomic mass is 9.63. The average Bonchev–Trinajstić information content (AvgIpc) is 2.92. The van der Waals surface area contributed by atoms with Crippen LogP contribution in [0.1, 0.15) is 64.2 Å². The molecule has 0 aromatic heterocycles. The number of nitrogens with one attached hydrogen (secondary N) is 2. The standard InChI is InChI=1S/C20H34N2O2/c23-19(13-17(14-3-1-4-14)15-5-2-6-15)22-18-9-12-24-20(18)16-7-10-21-11-8-16/h14-18,20-21H,1-13H2,(H,22,23)/t18-,20+/m1/s1. The van der Waals surface area contributed by atoms with E-state index in [-0.39, 0.29) is 12.1 Å². The molecule has 2 aliphatic heterocycles. The lowest BCUT2D eigenvalue weighted by molar-refractivity contribution is -0.125. The quantitative estimate of drug-likeness (QED) is 0.785. The van der Waals surface area contributed by atoms with E-state index in [4.69, 9.17) is 4.74 Å². The van der Waals surface area contributed by atoms with Crippen molar-refractivity contribution in [1.82, 2.24) is 10.6 Å². The summed E-state index contributed by atoms with van der Waals surface area (Å²) in [7, 11) is 0. The van der Waals surface area contributed by atoms with Crippen LogP contribution in [0, 0.1) is 23.7 Å². The summed E-state index contributed by atoms with van der Waals surface area (Å²) in [6.45, 7) is 3.00. The fraction of sp³-hybridized carbons (Fsp3) is 0.950. The Bertz CT molecular complexity index is 413. The molecule has 0 spiro atoms. The van der Waals surface area contributed by atoms with E-state index in [1.165, 1.54) is 51.4 Å². The van der Waals surface area contributed by atoms with Gasteiger partial charge in [-0.15, -0.1) is 0 Å². The Labute approximate surface area is 146 Å². The number of carbonyl (C=O) groups is 1. The summed E-state index contributed by atoms with van der Waals surface area (Å²) >= 11 is 0. The van der Waals surface area contributed by atoms with Gasteiger partial charge in [0.1, 0.15) is 0 Å². The summed E-state index contributed by atoms with van der Waals surface area (Å²) in [5.74, 6) is 3.25. The van der Waals surface area contributed by atoms with Gasteiger partial charge in [0.05, 0.1) is 12.1 Å². The molecule has 4 rings (SSSR count). The van der Waals surface area contributed by atoms with E-state index in [0.717, 1.165) is 44.4 Å². The van der Waals surface area contributed by atoms with Gasteiger partial charge in [-0.05, 0) is 56.0 Å². The van der Waals surface area contributed by atoms with Gasteiger partial charge in [0.2, 0.25) is 5.91 Å². The van der Waals surface area contributed by atoms with Gasteiger partial charge in [0.25, 0.3) is 0 Å². The molecule has 0 unspecified atom stereocenters. The van der Waals surface area contributed by atoms with Crippen molar-refractivity contribution in [3.8, 4) is 0 Å². The van der Waals surface area contributed by atoms with Crippen LogP contribution >= 0.6 is 0 Å². The topological polar surface area (TPSA) is 50.4 Å². The summed E-state index contributed by atoms with van der Waals surface area (Å²) in [6.07, 6.45) is 12.6. The first-order valence-corrected chi connectivity index (χ1v) is 10.4. The zero-order valence-corrected chi connectivity index (χ0v) is 15.0. The van der Waals surface area contributed by atoms with Crippen LogP contribution in [0.2, 0.25) is 0 Å². The van der Waals surface area contributed by atoms with E-state index in [1.54, 1.807) is 0 Å². The van der Waals surface area contributed by atoms with Crippen LogP contribution in [-0.2, 0) is 9.53 Å². The highest BCUT2D eigenvalue weighted by Crippen LogP contribution is 2.46. The molecule has 136 valence electrons. The molecule has 24 heavy (non-hydrogen) atoms. The maximum Gasteiger partial charge on any atom is 0.220 e. The molecule has 0 aromatic carbocycles. The minimum Gasteiger partial charge on any atom is -0.376 e. The van der Waals surface area contributed by atoms with Gasteiger partial charge in [-0.2, -0.15) is 0 Å². The maximum atomic E-state index is 12.7. The molecule has 1 amide bonds. The van der Waals surface area contributed by atoms with E-state index in [2.05, 4.69) is 10.6 Å². The van der Waals surface area contributed by atoms with Gasteiger partial charge in [-0.3, -0.25) is 4.79 Å². The third-order valence-electron chi connectivity index (χ3n) is 7.26. The highest BCUT2D eigenvalue weighted by Gasteiger charge is 2.39. The fourth-order valence-electron chi connectivity index (χ4n) is 5.34. The average molecular weight is 335 g/mol. The normalized spacial score (nSPS) is 32.5. The molecule has 2 saturated heterocycles. The zero-order chi connectivity index (χ0) is 16.4. The van der Waals surface area contributed by atoms with Gasteiger partial charge < -0.3 is 15.4 Å². The van der Waals surface area contributed by atoms with Crippen molar-refractivity contribution in [2.75, 3.05) is 19.7 Å². The Kier molecular flexibility index (Phi) is 5.43. The predicted octanol–water partition coefficient (Wildman–Crippen LogP) is 2.87. The molecular formula is C20H34N2O2. The molecule has 4 nitrogen and oxygen atoms in total. The first-order chi connectivity index (χ1) is 11.8. The van der Waals surface area contributed by atoms with Gasteiger partial charge in [-0.1, -0.05) is 38.5 Å². The van der Waals surface area contributed by atoms with Crippen LogP contribution in [-0.4, -0.2) is 37.7 Å². The zero-order valence-electron chi connectivity index (χ0n) is 15.0. The number of carbonyl (C=O) groups excluding carboxylic acids is 1. The molecular weight excluding hydrogens is 300 g/mol. The Morgan fingerprint density at radius 3 is 2.25 bits per heavy atom. The van der Waals surface area contributed by atoms with Gasteiger partial charge in [-0.25, -0.2) is 0 Å². The molecule has 2 N–H and O–H groups in total. The van der Waals surface area contributed by atoms with Crippen molar-refractivity contribution in [3.05, 3.63) is 0 Å². The van der Waals surface area contributed by atoms with Crippen LogP contribution < -0.4 is 10.6 Å². The molecule has 0 bridgehead atoms. The van der Waals surface area contributed by atoms with Crippen molar-refractivity contribution in [1.29, 1.82) is 0 Å². The first kappa shape index (κ1) is 16.8. The number of piperidine rings is 1. The summed E-state index contributed by atoms with van der Waals surface area (Å²) in [5.41, 5.74) is 0. The smallest absolute Gasteiger partial charge is 0.220 e. The summed E-state index contributed by atoms with van der Waals surface area (Å²) in [6, 6.07) is 0.254. The molecule has 0 radical (unpaired) electrons. The number of hydrogen-bond acceptors (Lipinski definition) is 3. The van der Waals surface area contributed by atoms with Crippen molar-refractivity contribution in [2.24, 2.45) is 23.7 Å². The first-order valence-electron chi connectivity index (χ1n) is 10.4. The van der Waals surface area contributed by atoms with Crippen LogP contribution in [0.25, 0.3) is 0 Å². The monoisotopic (exact) mass is 334 g/mol. The van der Waals surface area contributed by atoms with Crippen molar-refractivity contribution < 1.29 is 9.53 Å². The Morgan fingerprint density at radius 1 is 1.00 bits per heavy atom. The van der Waals surface area contributed by atoms with Crippen LogP contribution in [0.15, 0.2) is 0 Å². The summed E-state index contributed by atoms with van der Waals surface area (Å²) in [4.78, 5) is 12.7. The predicted molar refractivity (Wildman–Crippen MR) is 94.7 cm³/mol. The van der Waals surface area contributed by atoms with Crippen molar-refractivity contribution in [2.45, 2.75) is 76.4 Å². The molecule has 4 heteroatoms.